The van der Waals surface area contributed by atoms with Crippen molar-refractivity contribution in [3.8, 4) is 67.6 Å². The molecule has 15 rings (SSSR count). The zero-order valence-corrected chi connectivity index (χ0v) is 71.2. The van der Waals surface area contributed by atoms with Crippen LogP contribution in [0.4, 0.5) is 0 Å². The number of ether oxygens (including phenoxy) is 8. The van der Waals surface area contributed by atoms with Gasteiger partial charge in [0.15, 0.2) is 30.1 Å². The number of halogens is 4. The van der Waals surface area contributed by atoms with Crippen molar-refractivity contribution in [2.75, 3.05) is 20.2 Å². The van der Waals surface area contributed by atoms with E-state index in [0.717, 1.165) is 82.0 Å². The van der Waals surface area contributed by atoms with Crippen LogP contribution in [0.3, 0.4) is 0 Å². The summed E-state index contributed by atoms with van der Waals surface area (Å²) in [4.78, 5) is 122. The number of aliphatic hydroxyl groups is 8. The molecule has 0 spiro atoms. The Labute approximate surface area is 741 Å². The molecule has 0 radical (unpaired) electrons. The van der Waals surface area contributed by atoms with Crippen molar-refractivity contribution in [1.29, 1.82) is 0 Å². The largest absolute Gasteiger partial charge is 0.508 e. The average molecular weight is 1850 g/mol. The number of likely N-dealkylation sites (N-methyl/N-ethyl adjacent to an activating group) is 1. The molecule has 8 aliphatic rings. The minimum absolute atomic E-state index is 0.131. The maximum Gasteiger partial charge on any atom is 0.330 e. The van der Waals surface area contributed by atoms with Crippen molar-refractivity contribution in [3.05, 3.63) is 162 Å². The Kier molecular flexibility index (Phi) is 29.0. The van der Waals surface area contributed by atoms with Crippen molar-refractivity contribution in [1.82, 2.24) is 42.5 Å². The van der Waals surface area contributed by atoms with Gasteiger partial charge in [-0.05, 0) is 140 Å². The first-order valence-electron chi connectivity index (χ1n) is 39.6. The molecule has 6 aromatic carbocycles. The fourth-order valence-corrected chi connectivity index (χ4v) is 17.3. The number of amides is 7. The van der Waals surface area contributed by atoms with Gasteiger partial charge in [0.2, 0.25) is 53.4 Å². The monoisotopic (exact) mass is 1850 g/mol. The van der Waals surface area contributed by atoms with Crippen molar-refractivity contribution in [2.45, 2.75) is 193 Å². The lowest BCUT2D eigenvalue weighted by atomic mass is 9.86. The van der Waals surface area contributed by atoms with E-state index in [1.807, 2.05) is 12.1 Å². The highest BCUT2D eigenvalue weighted by Gasteiger charge is 2.53. The summed E-state index contributed by atoms with van der Waals surface area (Å²) in [5.41, 5.74) is 8.77. The van der Waals surface area contributed by atoms with Crippen LogP contribution in [0.2, 0.25) is 20.1 Å². The summed E-state index contributed by atoms with van der Waals surface area (Å²) < 4.78 is 51.2. The molecule has 126 heavy (non-hydrogen) atoms. The predicted octanol–water partition coefficient (Wildman–Crippen LogP) is 2.76. The third-order valence-electron chi connectivity index (χ3n) is 22.2. The maximum atomic E-state index is 16.4. The lowest BCUT2D eigenvalue weighted by molar-refractivity contribution is -0.350. The number of phenols is 3. The molecule has 7 amide bonds. The summed E-state index contributed by atoms with van der Waals surface area (Å²) in [5.74, 6) is -16.7. The molecule has 8 aliphatic heterocycles. The fourth-order valence-electron chi connectivity index (χ4n) is 15.6. The van der Waals surface area contributed by atoms with Gasteiger partial charge in [0.25, 0.3) is 0 Å². The van der Waals surface area contributed by atoms with Gasteiger partial charge in [0.1, 0.15) is 120 Å². The number of carboxylic acids is 1. The van der Waals surface area contributed by atoms with Crippen LogP contribution in [-0.2, 0) is 68.6 Å². The molecule has 676 valence electrons. The lowest BCUT2D eigenvalue weighted by Crippen LogP contribution is -2.65. The average Bonchev–Trinajstić information content (AvgIpc) is 0.874. The number of hydrogen-bond donors (Lipinski definition) is 22. The van der Waals surface area contributed by atoms with Crippen LogP contribution in [0.5, 0.6) is 46.0 Å². The van der Waals surface area contributed by atoms with Gasteiger partial charge in [-0.3, -0.25) is 33.6 Å². The van der Waals surface area contributed by atoms with Gasteiger partial charge in [0.05, 0.1) is 51.4 Å². The van der Waals surface area contributed by atoms with Gasteiger partial charge >= 0.3 is 5.97 Å². The van der Waals surface area contributed by atoms with Crippen molar-refractivity contribution in [3.63, 3.8) is 0 Å². The number of aromatic hydroxyl groups is 3. The highest BCUT2D eigenvalue weighted by Crippen LogP contribution is 2.51. The molecule has 3 saturated heterocycles. The number of aliphatic hydroxyl groups excluding tert-OH is 8. The van der Waals surface area contributed by atoms with E-state index >= 15 is 24.0 Å². The number of phenolic OH excluding ortho intramolecular Hbond substituents is 3. The number of aliphatic carboxylic acids is 1. The van der Waals surface area contributed by atoms with Crippen LogP contribution < -0.4 is 68.2 Å². The normalized spacial score (nSPS) is 29.6. The van der Waals surface area contributed by atoms with Gasteiger partial charge in [-0.2, -0.15) is 0 Å². The van der Waals surface area contributed by atoms with Gasteiger partial charge in [-0.1, -0.05) is 84.5 Å². The minimum atomic E-state index is -2.43. The van der Waals surface area contributed by atoms with Gasteiger partial charge in [-0.15, -0.1) is 11.3 Å². The summed E-state index contributed by atoms with van der Waals surface area (Å²) in [6, 6.07) is 7.81. The number of thiophene rings is 1. The highest BCUT2D eigenvalue weighted by molar-refractivity contribution is 7.15. The predicted molar refractivity (Wildman–Crippen MR) is 446 cm³/mol. The van der Waals surface area contributed by atoms with Crippen LogP contribution in [0, 0.1) is 5.92 Å². The molecule has 38 nitrogen and oxygen atoms in total. The van der Waals surface area contributed by atoms with Crippen LogP contribution in [0.15, 0.2) is 109 Å². The molecule has 43 heteroatoms. The van der Waals surface area contributed by atoms with Crippen LogP contribution in [-0.4, -0.2) is 238 Å². The molecule has 0 saturated carbocycles. The number of hydrogen-bond acceptors (Lipinski definition) is 31. The number of benzene rings is 6. The highest BCUT2D eigenvalue weighted by atomic mass is 35.5. The number of nitrogens with one attached hydrogen (secondary N) is 8. The van der Waals surface area contributed by atoms with E-state index in [0.29, 0.717) is 10.0 Å². The molecule has 0 aliphatic carbocycles. The molecular weight excluding hydrogens is 1760 g/mol. The number of carbonyl (C=O) groups is 8. The van der Waals surface area contributed by atoms with E-state index in [1.165, 1.54) is 44.4 Å². The third kappa shape index (κ3) is 20.3. The minimum Gasteiger partial charge on any atom is -0.508 e. The SMILES string of the molecule is CN[C@H](CC(C)C)C(=O)NC1C(=O)N[C@H](CC(N)=O)C(=O)N[C@H]2C(=O)N[C@@H]3C(=O)N[C@H](C(=O)N[C@H](C(=O)O)c4cc(O)cc(O)c4-c4cc3ccc4O)[C@H](OC3C[C@](C)(N)[C@@H](O)[C@H](C)O3)c3ccc(c(Cl)c3)Oc3cc2cc(c3O[C@@H]2O[C@H](CO)[C@@H](O[C@@H]3O[C@H](CNCc4ccc(-c5ccc(Cl)c(Cl)c5)s4)[C@H](O)[C@H](O)[C@H]3O)[C@H](O)[C@H]2O)Oc2ccc(cc2Cl)[C@H]1O. The Morgan fingerprint density at radius 2 is 1.29 bits per heavy atom. The number of nitrogens with two attached hydrogens (primary N) is 2. The molecular formula is C83H92Cl4N10O28S. The van der Waals surface area contributed by atoms with Crippen LogP contribution in [0.25, 0.3) is 21.6 Å². The Morgan fingerprint density at radius 1 is 0.643 bits per heavy atom. The smallest absolute Gasteiger partial charge is 0.330 e. The first kappa shape index (κ1) is 93.7. The number of carbonyl (C=O) groups excluding carboxylic acids is 7. The van der Waals surface area contributed by atoms with E-state index in [1.54, 1.807) is 32.0 Å². The Morgan fingerprint density at radius 3 is 1.93 bits per heavy atom. The topological polar surface area (TPSA) is 601 Å². The van der Waals surface area contributed by atoms with Gasteiger partial charge in [0, 0.05) is 57.6 Å². The Balaban J connectivity index is 0.964. The summed E-state index contributed by atoms with van der Waals surface area (Å²) in [5, 5.41) is 160. The van der Waals surface area contributed by atoms with E-state index in [9.17, 15) is 75.7 Å². The van der Waals surface area contributed by atoms with E-state index in [4.69, 9.17) is 95.8 Å². The number of primary amides is 1. The standard InChI is InChI=1S/C83H92Cl4N10O28S/c1-30(2)16-45(90-5)74(110)96-62-64(103)34-8-13-49(43(86)19-34)119-51-21-36-22-52(71(51)124-82-69(108)67(106)72(54(29-98)122-82)125-81-68(107)66(105)65(104)53(121-81)28-91-27-38-10-15-55(126-38)32-6-11-41(84)42(85)18-32)120-50-14-9-35(20-44(50)87)70(123-57-26-83(4,89)73(109)31(3)118-57)63-79(115)95-61(80(116)117)40-23-37(99)24-48(101)58(40)39-17-33(7-12-47(39)100)59(76(112)97-63)94-77(113)60(36)93-75(111)46(25-56(88)102)92-78(62)114/h6-15,17-24,30-31,45-46,53-54,57,59-70,72-73,81-82,90-91,98-101,103-109H,16,25-29,89H2,1-5H3,(H2,88,102)(H,92,114)(H,93,111)(H,94,113)(H,95,115)(H,96,110)(H,97,112)(H,116,117)/t31-,45+,46+,53+,54+,57?,59-,60+,61-,62?,63-,64+,65-,66-,67+,68+,69+,70+,72+,73-,81-,82-,83-/m0/s1. The van der Waals surface area contributed by atoms with Gasteiger partial charge in [-0.25, -0.2) is 4.79 Å². The molecule has 1 aromatic heterocycles. The van der Waals surface area contributed by atoms with Crippen molar-refractivity contribution < 1.29 is 138 Å². The summed E-state index contributed by atoms with van der Waals surface area (Å²) >= 11 is 28.3. The summed E-state index contributed by atoms with van der Waals surface area (Å²) in [6.45, 7) is 5.42. The zero-order chi connectivity index (χ0) is 91.1. The van der Waals surface area contributed by atoms with E-state index in [-0.39, 0.29) is 43.0 Å². The lowest BCUT2D eigenvalue weighted by Gasteiger charge is -2.46. The quantitative estimate of drug-likeness (QED) is 0.0521. The molecule has 2 unspecified atom stereocenters. The van der Waals surface area contributed by atoms with E-state index in [2.05, 4.69) is 42.5 Å². The fraction of sp³-hybridized carbons (Fsp3) is 0.422. The van der Waals surface area contributed by atoms with Gasteiger partial charge < -0.3 is 153 Å². The number of fused-ring (bicyclic) bond motifs is 15. The zero-order valence-electron chi connectivity index (χ0n) is 67.4. The van der Waals surface area contributed by atoms with Crippen molar-refractivity contribution in [2.24, 2.45) is 17.4 Å². The second kappa shape index (κ2) is 39.0. The van der Waals surface area contributed by atoms with Crippen LogP contribution >= 0.6 is 57.7 Å². The third-order valence-corrected chi connectivity index (χ3v) is 24.7. The maximum absolute atomic E-state index is 16.4. The Hall–Kier alpha value is -9.90. The molecule has 7 aromatic rings. The first-order valence-corrected chi connectivity index (χ1v) is 41.9. The Bertz CT molecular complexity index is 5310. The molecule has 11 bridgehead atoms. The summed E-state index contributed by atoms with van der Waals surface area (Å²) in [7, 11) is 1.46. The number of carboxylic acid groups (broad SMARTS) is 1. The van der Waals surface area contributed by atoms with Crippen molar-refractivity contribution >= 4 is 105 Å². The number of rotatable bonds is 20. The second-order valence-electron chi connectivity index (χ2n) is 31.9. The molecule has 3 fully saturated rings. The molecule has 24 N–H and O–H groups in total. The van der Waals surface area contributed by atoms with Crippen LogP contribution in [0.1, 0.15) is 110 Å². The molecule has 9 heterocycles. The molecule has 23 atom stereocenters. The van der Waals surface area contributed by atoms with E-state index < -0.39 is 284 Å². The first-order chi connectivity index (χ1) is 59.7. The second-order valence-corrected chi connectivity index (χ2v) is 34.7. The summed E-state index contributed by atoms with van der Waals surface area (Å²) in [6.07, 6.45) is -29.2.